The number of anilines is 1. The first kappa shape index (κ1) is 16.5. The second-order valence-corrected chi connectivity index (χ2v) is 8.22. The number of piperidine rings is 1. The maximum atomic E-state index is 4.54. The molecule has 25 heavy (non-hydrogen) atoms. The fourth-order valence-corrected chi connectivity index (χ4v) is 4.71. The molecule has 1 saturated heterocycles. The summed E-state index contributed by atoms with van der Waals surface area (Å²) in [7, 11) is 0. The summed E-state index contributed by atoms with van der Waals surface area (Å²) in [6.07, 6.45) is 4.07. The maximum absolute atomic E-state index is 4.54. The average Bonchev–Trinajstić information content (AvgIpc) is 2.93. The van der Waals surface area contributed by atoms with Gasteiger partial charge in [-0.2, -0.15) is 0 Å². The molecule has 130 valence electrons. The van der Waals surface area contributed by atoms with E-state index in [2.05, 4.69) is 59.5 Å². The van der Waals surface area contributed by atoms with Gasteiger partial charge in [0.15, 0.2) is 0 Å². The molecule has 2 aromatic heterocycles. The minimum Gasteiger partial charge on any atom is -0.366 e. The number of aromatic nitrogens is 2. The average molecular weight is 354 g/mol. The topological polar surface area (TPSA) is 42.2 Å². The minimum atomic E-state index is 0.511. The highest BCUT2D eigenvalue weighted by molar-refractivity contribution is 7.18. The summed E-state index contributed by atoms with van der Waals surface area (Å²) >= 11 is 1.76. The lowest BCUT2D eigenvalue weighted by atomic mass is 10.0. The number of fused-ring (bicyclic) bond motifs is 1. The third kappa shape index (κ3) is 3.53. The zero-order valence-corrected chi connectivity index (χ0v) is 15.7. The predicted octanol–water partition coefficient (Wildman–Crippen LogP) is 2.97. The molecule has 0 amide bonds. The van der Waals surface area contributed by atoms with Gasteiger partial charge in [0.1, 0.15) is 23.5 Å². The molecule has 4 nitrogen and oxygen atoms in total. The molecule has 0 spiro atoms. The van der Waals surface area contributed by atoms with Gasteiger partial charge in [0.05, 0.1) is 18.5 Å². The Morgan fingerprint density at radius 1 is 1.12 bits per heavy atom. The van der Waals surface area contributed by atoms with E-state index in [1.165, 1.54) is 47.3 Å². The van der Waals surface area contributed by atoms with Crippen molar-refractivity contribution in [2.24, 2.45) is 0 Å². The monoisotopic (exact) mass is 353 g/mol. The lowest BCUT2D eigenvalue weighted by Crippen LogP contribution is -3.12. The molecule has 0 radical (unpaired) electrons. The highest BCUT2D eigenvalue weighted by Gasteiger charge is 2.23. The number of quaternary nitrogens is 1. The van der Waals surface area contributed by atoms with Gasteiger partial charge in [-0.3, -0.25) is 0 Å². The van der Waals surface area contributed by atoms with Crippen LogP contribution in [0.25, 0.3) is 10.2 Å². The normalized spacial score (nSPS) is 20.7. The van der Waals surface area contributed by atoms with E-state index in [9.17, 15) is 0 Å². The van der Waals surface area contributed by atoms with Crippen molar-refractivity contribution in [1.82, 2.24) is 9.97 Å². The summed E-state index contributed by atoms with van der Waals surface area (Å²) in [5, 5.41) is 4.92. The van der Waals surface area contributed by atoms with Crippen LogP contribution in [-0.2, 0) is 6.54 Å². The first-order valence-corrected chi connectivity index (χ1v) is 9.87. The van der Waals surface area contributed by atoms with Gasteiger partial charge in [0.2, 0.25) is 0 Å². The molecular formula is C20H25N4S+. The van der Waals surface area contributed by atoms with E-state index in [4.69, 9.17) is 0 Å². The molecule has 1 aliphatic rings. The zero-order chi connectivity index (χ0) is 17.2. The van der Waals surface area contributed by atoms with Crippen LogP contribution in [0.3, 0.4) is 0 Å². The van der Waals surface area contributed by atoms with Crippen LogP contribution in [0, 0.1) is 13.8 Å². The molecule has 0 saturated carbocycles. The lowest BCUT2D eigenvalue weighted by Gasteiger charge is -2.30. The number of hydrogen-bond acceptors (Lipinski definition) is 4. The van der Waals surface area contributed by atoms with Crippen LogP contribution in [0.2, 0.25) is 0 Å². The van der Waals surface area contributed by atoms with Crippen molar-refractivity contribution < 1.29 is 4.90 Å². The smallest absolute Gasteiger partial charge is 0.138 e. The number of likely N-dealkylation sites (tertiary alicyclic amines) is 1. The van der Waals surface area contributed by atoms with Crippen LogP contribution < -0.4 is 10.2 Å². The van der Waals surface area contributed by atoms with Crippen molar-refractivity contribution in [3.8, 4) is 0 Å². The Hall–Kier alpha value is -1.98. The number of thiophene rings is 1. The molecule has 2 N–H and O–H groups in total. The van der Waals surface area contributed by atoms with Crippen molar-refractivity contribution in [2.75, 3.05) is 18.4 Å². The van der Waals surface area contributed by atoms with Crippen LogP contribution >= 0.6 is 11.3 Å². The van der Waals surface area contributed by atoms with Crippen molar-refractivity contribution in [2.45, 2.75) is 39.3 Å². The highest BCUT2D eigenvalue weighted by atomic mass is 32.1. The standard InChI is InChI=1S/C20H24N4S/c1-14-15(2)25-20-18(14)19(21-13-22-20)23-17-8-10-24(11-9-17)12-16-6-4-3-5-7-16/h3-7,13,17H,8-12H2,1-2H3,(H,21,22,23)/p+1. The predicted molar refractivity (Wildman–Crippen MR) is 104 cm³/mol. The van der Waals surface area contributed by atoms with Gasteiger partial charge in [0, 0.05) is 29.3 Å². The molecule has 3 aromatic rings. The van der Waals surface area contributed by atoms with Crippen molar-refractivity contribution in [1.29, 1.82) is 0 Å². The fourth-order valence-electron chi connectivity index (χ4n) is 3.72. The Morgan fingerprint density at radius 3 is 2.64 bits per heavy atom. The largest absolute Gasteiger partial charge is 0.366 e. The SMILES string of the molecule is Cc1sc2ncnc(NC3CC[NH+](Cc4ccccc4)CC3)c2c1C. The summed E-state index contributed by atoms with van der Waals surface area (Å²) in [5.41, 5.74) is 2.75. The summed E-state index contributed by atoms with van der Waals surface area (Å²) in [4.78, 5) is 13.1. The van der Waals surface area contributed by atoms with Gasteiger partial charge in [-0.25, -0.2) is 9.97 Å². The van der Waals surface area contributed by atoms with Crippen LogP contribution in [0.15, 0.2) is 36.7 Å². The molecule has 5 heteroatoms. The van der Waals surface area contributed by atoms with E-state index in [0.29, 0.717) is 6.04 Å². The molecule has 0 bridgehead atoms. The third-order valence-electron chi connectivity index (χ3n) is 5.30. The van der Waals surface area contributed by atoms with Crippen LogP contribution in [0.1, 0.15) is 28.8 Å². The molecule has 3 heterocycles. The Balaban J connectivity index is 1.41. The third-order valence-corrected chi connectivity index (χ3v) is 6.41. The van der Waals surface area contributed by atoms with Gasteiger partial charge in [0.25, 0.3) is 0 Å². The summed E-state index contributed by atoms with van der Waals surface area (Å²) in [5.74, 6) is 1.02. The van der Waals surface area contributed by atoms with Crippen LogP contribution in [0.5, 0.6) is 0 Å². The number of nitrogens with one attached hydrogen (secondary N) is 2. The molecule has 1 fully saturated rings. The molecule has 0 unspecified atom stereocenters. The van der Waals surface area contributed by atoms with E-state index >= 15 is 0 Å². The minimum absolute atomic E-state index is 0.511. The fraction of sp³-hybridized carbons (Fsp3) is 0.400. The molecule has 1 aromatic carbocycles. The second kappa shape index (κ2) is 7.10. The zero-order valence-electron chi connectivity index (χ0n) is 14.9. The Labute approximate surface area is 152 Å². The van der Waals surface area contributed by atoms with E-state index < -0.39 is 0 Å². The van der Waals surface area contributed by atoms with Crippen molar-refractivity contribution in [3.05, 3.63) is 52.7 Å². The van der Waals surface area contributed by atoms with E-state index in [1.54, 1.807) is 22.6 Å². The quantitative estimate of drug-likeness (QED) is 0.758. The number of hydrogen-bond donors (Lipinski definition) is 2. The van der Waals surface area contributed by atoms with Gasteiger partial charge < -0.3 is 10.2 Å². The summed E-state index contributed by atoms with van der Waals surface area (Å²) in [6, 6.07) is 11.3. The molecule has 0 atom stereocenters. The maximum Gasteiger partial charge on any atom is 0.138 e. The second-order valence-electron chi connectivity index (χ2n) is 7.02. The number of rotatable bonds is 4. The first-order valence-electron chi connectivity index (χ1n) is 9.05. The van der Waals surface area contributed by atoms with E-state index in [1.807, 2.05) is 0 Å². The van der Waals surface area contributed by atoms with Gasteiger partial charge >= 0.3 is 0 Å². The van der Waals surface area contributed by atoms with Gasteiger partial charge in [-0.05, 0) is 19.4 Å². The van der Waals surface area contributed by atoms with Crippen molar-refractivity contribution in [3.63, 3.8) is 0 Å². The lowest BCUT2D eigenvalue weighted by molar-refractivity contribution is -0.918. The summed E-state index contributed by atoms with van der Waals surface area (Å²) < 4.78 is 0. The highest BCUT2D eigenvalue weighted by Crippen LogP contribution is 2.33. The molecule has 1 aliphatic heterocycles. The number of benzene rings is 1. The van der Waals surface area contributed by atoms with E-state index in [0.717, 1.165) is 17.2 Å². The van der Waals surface area contributed by atoms with Crippen LogP contribution in [0.4, 0.5) is 5.82 Å². The van der Waals surface area contributed by atoms with Gasteiger partial charge in [-0.15, -0.1) is 11.3 Å². The Kier molecular flexibility index (Phi) is 4.68. The number of aryl methyl sites for hydroxylation is 2. The first-order chi connectivity index (χ1) is 12.2. The molecule has 0 aliphatic carbocycles. The number of nitrogens with zero attached hydrogens (tertiary/aromatic N) is 2. The Bertz CT molecular complexity index is 851. The summed E-state index contributed by atoms with van der Waals surface area (Å²) in [6.45, 7) is 7.89. The molecular weight excluding hydrogens is 328 g/mol. The van der Waals surface area contributed by atoms with Crippen LogP contribution in [-0.4, -0.2) is 29.1 Å². The van der Waals surface area contributed by atoms with E-state index in [-0.39, 0.29) is 0 Å². The van der Waals surface area contributed by atoms with Crippen molar-refractivity contribution >= 4 is 27.4 Å². The molecule has 4 rings (SSSR count). The van der Waals surface area contributed by atoms with Gasteiger partial charge in [-0.1, -0.05) is 30.3 Å². The Morgan fingerprint density at radius 2 is 1.88 bits per heavy atom.